The predicted molar refractivity (Wildman–Crippen MR) is 51.5 cm³/mol. The van der Waals surface area contributed by atoms with E-state index in [0.717, 1.165) is 6.54 Å². The van der Waals surface area contributed by atoms with Gasteiger partial charge in [0, 0.05) is 25.1 Å². The zero-order valence-electron chi connectivity index (χ0n) is 7.67. The molecule has 72 valence electrons. The number of imidazole rings is 1. The highest BCUT2D eigenvalue weighted by Gasteiger charge is 1.97. The normalized spacial score (nSPS) is 10.4. The zero-order valence-corrected chi connectivity index (χ0v) is 7.67. The molecule has 2 aromatic rings. The lowest BCUT2D eigenvalue weighted by Gasteiger charge is -2.00. The Morgan fingerprint density at radius 2 is 2.07 bits per heavy atom. The summed E-state index contributed by atoms with van der Waals surface area (Å²) < 4.78 is 1.93. The van der Waals surface area contributed by atoms with Gasteiger partial charge in [-0.1, -0.05) is 0 Å². The number of pyridine rings is 1. The summed E-state index contributed by atoms with van der Waals surface area (Å²) in [6, 6.07) is 3.91. The fourth-order valence-electron chi connectivity index (χ4n) is 1.27. The van der Waals surface area contributed by atoms with Crippen molar-refractivity contribution >= 4 is 0 Å². The molecule has 0 aromatic carbocycles. The molecule has 0 radical (unpaired) electrons. The van der Waals surface area contributed by atoms with Gasteiger partial charge in [0.15, 0.2) is 0 Å². The zero-order chi connectivity index (χ0) is 9.80. The van der Waals surface area contributed by atoms with Crippen LogP contribution in [0.15, 0.2) is 37.1 Å². The van der Waals surface area contributed by atoms with Crippen molar-refractivity contribution in [2.75, 3.05) is 0 Å². The van der Waals surface area contributed by atoms with Crippen molar-refractivity contribution in [3.8, 4) is 0 Å². The van der Waals surface area contributed by atoms with E-state index in [0.29, 0.717) is 5.69 Å². The molecule has 4 nitrogen and oxygen atoms in total. The third-order valence-corrected chi connectivity index (χ3v) is 1.96. The number of nitrogens with zero attached hydrogens (tertiary/aromatic N) is 3. The Bertz CT molecular complexity index is 397. The van der Waals surface area contributed by atoms with E-state index in [1.807, 2.05) is 22.9 Å². The first-order valence-corrected chi connectivity index (χ1v) is 4.39. The van der Waals surface area contributed by atoms with E-state index in [-0.39, 0.29) is 6.61 Å². The minimum absolute atomic E-state index is 0.0106. The first-order chi connectivity index (χ1) is 6.88. The van der Waals surface area contributed by atoms with E-state index in [1.54, 1.807) is 18.7 Å². The van der Waals surface area contributed by atoms with Gasteiger partial charge in [0.2, 0.25) is 0 Å². The molecule has 0 unspecified atom stereocenters. The SMILES string of the molecule is OCc1cn(Cc2ccncc2)cn1. The maximum absolute atomic E-state index is 8.83. The molecule has 14 heavy (non-hydrogen) atoms. The molecule has 0 saturated carbocycles. The first-order valence-electron chi connectivity index (χ1n) is 4.39. The lowest BCUT2D eigenvalue weighted by molar-refractivity contribution is 0.277. The molecule has 0 fully saturated rings. The Labute approximate surface area is 81.9 Å². The van der Waals surface area contributed by atoms with Crippen LogP contribution in [0.2, 0.25) is 0 Å². The predicted octanol–water partition coefficient (Wildman–Crippen LogP) is 0.819. The van der Waals surface area contributed by atoms with Crippen molar-refractivity contribution in [1.29, 1.82) is 0 Å². The Morgan fingerprint density at radius 3 is 2.71 bits per heavy atom. The summed E-state index contributed by atoms with van der Waals surface area (Å²) in [6.07, 6.45) is 7.07. The molecular formula is C10H11N3O. The average Bonchev–Trinajstić information content (AvgIpc) is 2.67. The van der Waals surface area contributed by atoms with Crippen LogP contribution in [0.25, 0.3) is 0 Å². The van der Waals surface area contributed by atoms with Gasteiger partial charge in [-0.2, -0.15) is 0 Å². The molecule has 4 heteroatoms. The third kappa shape index (κ3) is 1.97. The maximum atomic E-state index is 8.83. The van der Waals surface area contributed by atoms with E-state index >= 15 is 0 Å². The largest absolute Gasteiger partial charge is 0.390 e. The van der Waals surface area contributed by atoms with Crippen LogP contribution in [0.3, 0.4) is 0 Å². The lowest BCUT2D eigenvalue weighted by Crippen LogP contribution is -1.96. The summed E-state index contributed by atoms with van der Waals surface area (Å²) >= 11 is 0. The van der Waals surface area contributed by atoms with Crippen molar-refractivity contribution in [2.24, 2.45) is 0 Å². The summed E-state index contributed by atoms with van der Waals surface area (Å²) in [5.41, 5.74) is 1.86. The smallest absolute Gasteiger partial charge is 0.0953 e. The van der Waals surface area contributed by atoms with Gasteiger partial charge in [0.1, 0.15) is 0 Å². The van der Waals surface area contributed by atoms with Crippen LogP contribution in [-0.4, -0.2) is 19.6 Å². The second kappa shape index (κ2) is 4.02. The van der Waals surface area contributed by atoms with E-state index < -0.39 is 0 Å². The van der Waals surface area contributed by atoms with E-state index in [1.165, 1.54) is 5.56 Å². The summed E-state index contributed by atoms with van der Waals surface area (Å²) in [5.74, 6) is 0. The van der Waals surface area contributed by atoms with Crippen LogP contribution in [0.5, 0.6) is 0 Å². The van der Waals surface area contributed by atoms with Gasteiger partial charge in [0.05, 0.1) is 18.6 Å². The van der Waals surface area contributed by atoms with Crippen LogP contribution in [0, 0.1) is 0 Å². The first kappa shape index (κ1) is 8.90. The number of aliphatic hydroxyl groups is 1. The monoisotopic (exact) mass is 189 g/mol. The van der Waals surface area contributed by atoms with Crippen LogP contribution in [0.4, 0.5) is 0 Å². The third-order valence-electron chi connectivity index (χ3n) is 1.96. The summed E-state index contributed by atoms with van der Waals surface area (Å²) in [6.45, 7) is 0.749. The van der Waals surface area contributed by atoms with Crippen LogP contribution < -0.4 is 0 Å². The average molecular weight is 189 g/mol. The summed E-state index contributed by atoms with van der Waals surface area (Å²) in [4.78, 5) is 7.97. The number of rotatable bonds is 3. The van der Waals surface area contributed by atoms with Crippen molar-refractivity contribution in [2.45, 2.75) is 13.2 Å². The summed E-state index contributed by atoms with van der Waals surface area (Å²) in [7, 11) is 0. The van der Waals surface area contributed by atoms with Gasteiger partial charge in [-0.25, -0.2) is 4.98 Å². The second-order valence-electron chi connectivity index (χ2n) is 3.05. The van der Waals surface area contributed by atoms with Crippen molar-refractivity contribution < 1.29 is 5.11 Å². The number of aliphatic hydroxyl groups excluding tert-OH is 1. The quantitative estimate of drug-likeness (QED) is 0.777. The number of hydrogen-bond donors (Lipinski definition) is 1. The lowest BCUT2D eigenvalue weighted by atomic mass is 10.3. The van der Waals surface area contributed by atoms with E-state index in [2.05, 4.69) is 9.97 Å². The Hall–Kier alpha value is -1.68. The topological polar surface area (TPSA) is 50.9 Å². The van der Waals surface area contributed by atoms with Crippen LogP contribution >= 0.6 is 0 Å². The highest BCUT2D eigenvalue weighted by atomic mass is 16.3. The molecule has 0 amide bonds. The van der Waals surface area contributed by atoms with Gasteiger partial charge < -0.3 is 9.67 Å². The van der Waals surface area contributed by atoms with Crippen molar-refractivity contribution in [3.05, 3.63) is 48.3 Å². The molecule has 2 heterocycles. The Balaban J connectivity index is 2.11. The minimum atomic E-state index is -0.0106. The molecule has 0 atom stereocenters. The molecule has 0 aliphatic rings. The highest BCUT2D eigenvalue weighted by Crippen LogP contribution is 2.02. The van der Waals surface area contributed by atoms with Crippen molar-refractivity contribution in [3.63, 3.8) is 0 Å². The Morgan fingerprint density at radius 1 is 1.29 bits per heavy atom. The molecule has 0 bridgehead atoms. The Kier molecular flexibility index (Phi) is 2.55. The number of hydrogen-bond acceptors (Lipinski definition) is 3. The van der Waals surface area contributed by atoms with Gasteiger partial charge in [0.25, 0.3) is 0 Å². The molecular weight excluding hydrogens is 178 g/mol. The highest BCUT2D eigenvalue weighted by molar-refractivity contribution is 5.10. The maximum Gasteiger partial charge on any atom is 0.0953 e. The standard InChI is InChI=1S/C10H11N3O/c14-7-10-6-13(8-12-10)5-9-1-3-11-4-2-9/h1-4,6,8,14H,5,7H2. The van der Waals surface area contributed by atoms with E-state index in [4.69, 9.17) is 5.11 Å². The molecule has 2 rings (SSSR count). The molecule has 0 aliphatic heterocycles. The van der Waals surface area contributed by atoms with Gasteiger partial charge in [-0.05, 0) is 17.7 Å². The summed E-state index contributed by atoms with van der Waals surface area (Å²) in [5, 5.41) is 8.83. The van der Waals surface area contributed by atoms with Crippen LogP contribution in [-0.2, 0) is 13.2 Å². The number of aromatic nitrogens is 3. The van der Waals surface area contributed by atoms with E-state index in [9.17, 15) is 0 Å². The molecule has 0 saturated heterocycles. The fourth-order valence-corrected chi connectivity index (χ4v) is 1.27. The molecule has 0 spiro atoms. The molecule has 1 N–H and O–H groups in total. The van der Waals surface area contributed by atoms with Crippen molar-refractivity contribution in [1.82, 2.24) is 14.5 Å². The van der Waals surface area contributed by atoms with Crippen LogP contribution in [0.1, 0.15) is 11.3 Å². The van der Waals surface area contributed by atoms with Gasteiger partial charge >= 0.3 is 0 Å². The van der Waals surface area contributed by atoms with Gasteiger partial charge in [-0.3, -0.25) is 4.98 Å². The molecule has 0 aliphatic carbocycles. The van der Waals surface area contributed by atoms with Gasteiger partial charge in [-0.15, -0.1) is 0 Å². The molecule has 2 aromatic heterocycles. The second-order valence-corrected chi connectivity index (χ2v) is 3.05. The fraction of sp³-hybridized carbons (Fsp3) is 0.200. The minimum Gasteiger partial charge on any atom is -0.390 e.